The van der Waals surface area contributed by atoms with Crippen molar-refractivity contribution in [2.45, 2.75) is 24.8 Å². The highest BCUT2D eigenvalue weighted by Gasteiger charge is 2.13. The van der Waals surface area contributed by atoms with Crippen LogP contribution in [0.5, 0.6) is 0 Å². The largest absolute Gasteiger partial charge is 0.291 e. The number of hydrogen-bond acceptors (Lipinski definition) is 4. The maximum absolute atomic E-state index is 13.0. The molecule has 0 unspecified atom stereocenters. The van der Waals surface area contributed by atoms with Crippen molar-refractivity contribution in [2.75, 3.05) is 5.75 Å². The van der Waals surface area contributed by atoms with Gasteiger partial charge < -0.3 is 0 Å². The van der Waals surface area contributed by atoms with Crippen LogP contribution in [-0.2, 0) is 6.54 Å². The zero-order valence-corrected chi connectivity index (χ0v) is 11.4. The third-order valence-electron chi connectivity index (χ3n) is 2.50. The number of carbonyl (C=O) groups excluding carboxylic acids is 1. The zero-order valence-electron chi connectivity index (χ0n) is 10.5. The van der Waals surface area contributed by atoms with Gasteiger partial charge in [-0.1, -0.05) is 18.2 Å². The lowest BCUT2D eigenvalue weighted by molar-refractivity contribution is 0.101. The number of hydrogen-bond donors (Lipinski definition) is 0. The minimum atomic E-state index is -0.296. The predicted molar refractivity (Wildman–Crippen MR) is 71.8 cm³/mol. The Labute approximate surface area is 115 Å². The Balaban J connectivity index is 1.99. The van der Waals surface area contributed by atoms with E-state index in [1.807, 2.05) is 6.92 Å². The van der Waals surface area contributed by atoms with Gasteiger partial charge in [0, 0.05) is 11.4 Å². The molecule has 0 aliphatic carbocycles. The van der Waals surface area contributed by atoms with Crippen LogP contribution in [0.1, 0.15) is 23.8 Å². The lowest BCUT2D eigenvalue weighted by Gasteiger charge is -2.04. The summed E-state index contributed by atoms with van der Waals surface area (Å²) in [6, 6.07) is 6.21. The first-order chi connectivity index (χ1) is 9.20. The molecule has 19 heavy (non-hydrogen) atoms. The molecule has 0 aliphatic rings. The summed E-state index contributed by atoms with van der Waals surface area (Å²) in [5.74, 6) is -0.0940. The maximum atomic E-state index is 13.0. The molecular weight excluding hydrogens is 265 g/mol. The molecule has 2 aromatic rings. The molecule has 0 aliphatic heterocycles. The predicted octanol–water partition coefficient (Wildman–Crippen LogP) is 2.80. The van der Waals surface area contributed by atoms with Crippen LogP contribution in [0.15, 0.2) is 35.4 Å². The van der Waals surface area contributed by atoms with E-state index < -0.39 is 0 Å². The fourth-order valence-corrected chi connectivity index (χ4v) is 2.45. The van der Waals surface area contributed by atoms with Crippen LogP contribution in [-0.4, -0.2) is 26.5 Å². The highest BCUT2D eigenvalue weighted by atomic mass is 32.2. The molecule has 2 rings (SSSR count). The van der Waals surface area contributed by atoms with E-state index in [2.05, 4.69) is 10.3 Å². The molecule has 6 heteroatoms. The van der Waals surface area contributed by atoms with Crippen LogP contribution in [0.4, 0.5) is 4.39 Å². The van der Waals surface area contributed by atoms with E-state index in [-0.39, 0.29) is 17.4 Å². The van der Waals surface area contributed by atoms with E-state index in [0.29, 0.717) is 12.2 Å². The Morgan fingerprint density at radius 2 is 2.32 bits per heavy atom. The van der Waals surface area contributed by atoms with Gasteiger partial charge in [-0.05, 0) is 24.6 Å². The highest BCUT2D eigenvalue weighted by Crippen LogP contribution is 2.19. The summed E-state index contributed by atoms with van der Waals surface area (Å²) in [5.41, 5.74) is 0.505. The molecule has 0 amide bonds. The molecule has 0 saturated heterocycles. The second-order valence-corrected chi connectivity index (χ2v) is 5.06. The van der Waals surface area contributed by atoms with Crippen molar-refractivity contribution in [1.29, 1.82) is 0 Å². The van der Waals surface area contributed by atoms with E-state index in [4.69, 9.17) is 0 Å². The van der Waals surface area contributed by atoms with E-state index >= 15 is 0 Å². The topological polar surface area (TPSA) is 47.8 Å². The Bertz CT molecular complexity index is 571. The van der Waals surface area contributed by atoms with Crippen molar-refractivity contribution in [3.63, 3.8) is 0 Å². The number of halogens is 1. The molecule has 0 radical (unpaired) electrons. The van der Waals surface area contributed by atoms with Crippen molar-refractivity contribution in [3.05, 3.63) is 42.0 Å². The average Bonchev–Trinajstić information content (AvgIpc) is 2.85. The minimum absolute atomic E-state index is 0.0484. The van der Waals surface area contributed by atoms with E-state index in [0.717, 1.165) is 11.3 Å². The number of aromatic nitrogens is 3. The standard InChI is InChI=1S/C13H14FN3OS/c1-2-6-17-12(8-15-16-17)13(18)9-19-11-5-3-4-10(14)7-11/h3-5,7-8H,2,6,9H2,1H3. The summed E-state index contributed by atoms with van der Waals surface area (Å²) >= 11 is 1.31. The maximum Gasteiger partial charge on any atom is 0.192 e. The second-order valence-electron chi connectivity index (χ2n) is 4.01. The first-order valence-electron chi connectivity index (χ1n) is 6.00. The number of benzene rings is 1. The summed E-state index contributed by atoms with van der Waals surface area (Å²) in [6.07, 6.45) is 2.37. The monoisotopic (exact) mass is 279 g/mol. The number of thioether (sulfide) groups is 1. The molecule has 1 aromatic heterocycles. The van der Waals surface area contributed by atoms with Gasteiger partial charge in [-0.2, -0.15) is 0 Å². The summed E-state index contributed by atoms with van der Waals surface area (Å²) < 4.78 is 14.6. The van der Waals surface area contributed by atoms with Crippen molar-refractivity contribution in [3.8, 4) is 0 Å². The summed E-state index contributed by atoms with van der Waals surface area (Å²) in [5, 5.41) is 7.63. The Kier molecular flexibility index (Phi) is 4.68. The lowest BCUT2D eigenvalue weighted by atomic mass is 10.3. The minimum Gasteiger partial charge on any atom is -0.291 e. The molecule has 0 saturated carbocycles. The number of ketones is 1. The van der Waals surface area contributed by atoms with E-state index in [9.17, 15) is 9.18 Å². The van der Waals surface area contributed by atoms with Gasteiger partial charge in [0.1, 0.15) is 11.5 Å². The van der Waals surface area contributed by atoms with Gasteiger partial charge in [-0.15, -0.1) is 16.9 Å². The molecule has 0 atom stereocenters. The SMILES string of the molecule is CCCn1nncc1C(=O)CSc1cccc(F)c1. The van der Waals surface area contributed by atoms with Crippen LogP contribution in [0.25, 0.3) is 0 Å². The van der Waals surface area contributed by atoms with Crippen LogP contribution < -0.4 is 0 Å². The number of carbonyl (C=O) groups is 1. The van der Waals surface area contributed by atoms with Crippen LogP contribution in [0.2, 0.25) is 0 Å². The molecule has 0 bridgehead atoms. The fraction of sp³-hybridized carbons (Fsp3) is 0.308. The fourth-order valence-electron chi connectivity index (χ4n) is 1.63. The summed E-state index contributed by atoms with van der Waals surface area (Å²) in [7, 11) is 0. The number of rotatable bonds is 6. The molecule has 0 N–H and O–H groups in total. The van der Waals surface area contributed by atoms with Crippen LogP contribution >= 0.6 is 11.8 Å². The number of aryl methyl sites for hydroxylation is 1. The van der Waals surface area contributed by atoms with Gasteiger partial charge in [0.2, 0.25) is 0 Å². The van der Waals surface area contributed by atoms with Gasteiger partial charge in [0.25, 0.3) is 0 Å². The van der Waals surface area contributed by atoms with Gasteiger partial charge in [-0.3, -0.25) is 4.79 Å². The van der Waals surface area contributed by atoms with E-state index in [1.54, 1.807) is 16.8 Å². The average molecular weight is 279 g/mol. The lowest BCUT2D eigenvalue weighted by Crippen LogP contribution is -2.12. The van der Waals surface area contributed by atoms with Gasteiger partial charge >= 0.3 is 0 Å². The molecule has 0 fully saturated rings. The smallest absolute Gasteiger partial charge is 0.192 e. The number of nitrogens with zero attached hydrogens (tertiary/aromatic N) is 3. The van der Waals surface area contributed by atoms with Crippen molar-refractivity contribution < 1.29 is 9.18 Å². The van der Waals surface area contributed by atoms with Crippen molar-refractivity contribution in [2.24, 2.45) is 0 Å². The molecule has 1 aromatic carbocycles. The molecule has 4 nitrogen and oxygen atoms in total. The molecule has 100 valence electrons. The molecular formula is C13H14FN3OS. The van der Waals surface area contributed by atoms with Crippen molar-refractivity contribution in [1.82, 2.24) is 15.0 Å². The zero-order chi connectivity index (χ0) is 13.7. The first kappa shape index (κ1) is 13.7. The van der Waals surface area contributed by atoms with Crippen molar-refractivity contribution >= 4 is 17.5 Å². The van der Waals surface area contributed by atoms with Gasteiger partial charge in [0.05, 0.1) is 11.9 Å². The highest BCUT2D eigenvalue weighted by molar-refractivity contribution is 8.00. The quantitative estimate of drug-likeness (QED) is 0.602. The third kappa shape index (κ3) is 3.64. The van der Waals surface area contributed by atoms with Crippen LogP contribution in [0, 0.1) is 5.82 Å². The van der Waals surface area contributed by atoms with Gasteiger partial charge in [0.15, 0.2) is 5.78 Å². The Morgan fingerprint density at radius 3 is 3.05 bits per heavy atom. The first-order valence-corrected chi connectivity index (χ1v) is 6.99. The second kappa shape index (κ2) is 6.47. The summed E-state index contributed by atoms with van der Waals surface area (Å²) in [6.45, 7) is 2.68. The van der Waals surface area contributed by atoms with E-state index in [1.165, 1.54) is 30.1 Å². The third-order valence-corrected chi connectivity index (χ3v) is 3.50. The normalized spacial score (nSPS) is 10.6. The molecule has 0 spiro atoms. The van der Waals surface area contributed by atoms with Gasteiger partial charge in [-0.25, -0.2) is 9.07 Å². The Hall–Kier alpha value is -1.69. The number of Topliss-reactive ketones (excluding diaryl/α,β-unsaturated/α-hetero) is 1. The van der Waals surface area contributed by atoms with Crippen LogP contribution in [0.3, 0.4) is 0 Å². The summed E-state index contributed by atoms with van der Waals surface area (Å²) in [4.78, 5) is 12.8. The molecule has 1 heterocycles. The Morgan fingerprint density at radius 1 is 1.47 bits per heavy atom.